The summed E-state index contributed by atoms with van der Waals surface area (Å²) in [5.74, 6) is 0.873. The van der Waals surface area contributed by atoms with Crippen LogP contribution in [0.4, 0.5) is 0 Å². The first-order valence-electron chi connectivity index (χ1n) is 4.36. The van der Waals surface area contributed by atoms with Crippen molar-refractivity contribution in [3.05, 3.63) is 0 Å². The van der Waals surface area contributed by atoms with Gasteiger partial charge in [0.2, 0.25) is 5.91 Å². The molecule has 0 spiro atoms. The molecule has 76 valence electrons. The van der Waals surface area contributed by atoms with Gasteiger partial charge < -0.3 is 15.8 Å². The number of ether oxygens (including phenoxy) is 1. The molecule has 0 aromatic heterocycles. The highest BCUT2D eigenvalue weighted by atomic mass is 32.2. The SMILES string of the molecule is CSCC[C@@H](N)C(=O)NC1COC1. The van der Waals surface area contributed by atoms with Gasteiger partial charge >= 0.3 is 0 Å². The van der Waals surface area contributed by atoms with E-state index >= 15 is 0 Å². The fourth-order valence-electron chi connectivity index (χ4n) is 1.00. The van der Waals surface area contributed by atoms with Crippen LogP contribution in [0, 0.1) is 0 Å². The molecule has 0 radical (unpaired) electrons. The van der Waals surface area contributed by atoms with Crippen LogP contribution in [-0.2, 0) is 9.53 Å². The first-order chi connectivity index (χ1) is 6.24. The Bertz CT molecular complexity index is 174. The van der Waals surface area contributed by atoms with Crippen LogP contribution in [0.2, 0.25) is 0 Å². The summed E-state index contributed by atoms with van der Waals surface area (Å²) in [6, 6.07) is -0.180. The zero-order chi connectivity index (χ0) is 9.68. The van der Waals surface area contributed by atoms with Crippen molar-refractivity contribution in [2.24, 2.45) is 5.73 Å². The van der Waals surface area contributed by atoms with E-state index < -0.39 is 0 Å². The zero-order valence-electron chi connectivity index (χ0n) is 7.79. The molecule has 1 saturated heterocycles. The molecule has 1 aliphatic heterocycles. The van der Waals surface area contributed by atoms with Gasteiger partial charge in [0.05, 0.1) is 25.3 Å². The van der Waals surface area contributed by atoms with Crippen molar-refractivity contribution in [2.75, 3.05) is 25.2 Å². The Morgan fingerprint density at radius 1 is 1.77 bits per heavy atom. The third kappa shape index (κ3) is 3.54. The van der Waals surface area contributed by atoms with Gasteiger partial charge in [0, 0.05) is 0 Å². The maximum Gasteiger partial charge on any atom is 0.237 e. The van der Waals surface area contributed by atoms with E-state index in [1.54, 1.807) is 11.8 Å². The Kier molecular flexibility index (Phi) is 4.55. The smallest absolute Gasteiger partial charge is 0.237 e. The van der Waals surface area contributed by atoms with E-state index in [0.29, 0.717) is 13.2 Å². The number of nitrogens with one attached hydrogen (secondary N) is 1. The summed E-state index contributed by atoms with van der Waals surface area (Å²) in [5.41, 5.74) is 5.66. The highest BCUT2D eigenvalue weighted by Gasteiger charge is 2.22. The van der Waals surface area contributed by atoms with Crippen molar-refractivity contribution in [1.82, 2.24) is 5.32 Å². The Morgan fingerprint density at radius 2 is 2.46 bits per heavy atom. The lowest BCUT2D eigenvalue weighted by atomic mass is 10.2. The maximum absolute atomic E-state index is 11.4. The van der Waals surface area contributed by atoms with Crippen molar-refractivity contribution < 1.29 is 9.53 Å². The van der Waals surface area contributed by atoms with Crippen LogP contribution < -0.4 is 11.1 Å². The quantitative estimate of drug-likeness (QED) is 0.638. The van der Waals surface area contributed by atoms with E-state index in [1.807, 2.05) is 6.26 Å². The van der Waals surface area contributed by atoms with Gasteiger partial charge in [0.15, 0.2) is 0 Å². The molecule has 1 atom stereocenters. The minimum atomic E-state index is -0.368. The lowest BCUT2D eigenvalue weighted by molar-refractivity contribution is -0.126. The summed E-state index contributed by atoms with van der Waals surface area (Å²) in [5, 5.41) is 2.83. The number of hydrogen-bond acceptors (Lipinski definition) is 4. The molecule has 13 heavy (non-hydrogen) atoms. The molecule has 0 bridgehead atoms. The number of hydrogen-bond donors (Lipinski definition) is 2. The van der Waals surface area contributed by atoms with Gasteiger partial charge in [-0.1, -0.05) is 0 Å². The van der Waals surface area contributed by atoms with E-state index in [0.717, 1.165) is 12.2 Å². The van der Waals surface area contributed by atoms with Gasteiger partial charge in [-0.25, -0.2) is 0 Å². The summed E-state index contributed by atoms with van der Waals surface area (Å²) in [6.45, 7) is 1.25. The highest BCUT2D eigenvalue weighted by Crippen LogP contribution is 2.02. The number of thioether (sulfide) groups is 1. The average Bonchev–Trinajstić information content (AvgIpc) is 2.06. The second kappa shape index (κ2) is 5.47. The van der Waals surface area contributed by atoms with Crippen LogP contribution in [0.25, 0.3) is 0 Å². The molecular weight excluding hydrogens is 188 g/mol. The number of nitrogens with two attached hydrogens (primary N) is 1. The monoisotopic (exact) mass is 204 g/mol. The number of carbonyl (C=O) groups is 1. The minimum absolute atomic E-state index is 0.0534. The standard InChI is InChI=1S/C8H16N2O2S/c1-13-3-2-7(9)8(11)10-6-4-12-5-6/h6-7H,2-5,9H2,1H3,(H,10,11)/t7-/m1/s1. The normalized spacial score (nSPS) is 19.2. The fourth-order valence-corrected chi connectivity index (χ4v) is 1.49. The molecule has 0 aliphatic carbocycles. The van der Waals surface area contributed by atoms with Gasteiger partial charge in [-0.15, -0.1) is 0 Å². The molecule has 1 rings (SSSR count). The van der Waals surface area contributed by atoms with E-state index in [2.05, 4.69) is 5.32 Å². The van der Waals surface area contributed by atoms with Crippen LogP contribution in [0.1, 0.15) is 6.42 Å². The fraction of sp³-hybridized carbons (Fsp3) is 0.875. The molecule has 0 saturated carbocycles. The molecule has 0 aromatic rings. The molecule has 4 nitrogen and oxygen atoms in total. The Balaban J connectivity index is 2.13. The predicted molar refractivity (Wildman–Crippen MR) is 53.7 cm³/mol. The summed E-state index contributed by atoms with van der Waals surface area (Å²) in [6.07, 6.45) is 2.74. The predicted octanol–water partition coefficient (Wildman–Crippen LogP) is -0.418. The molecular formula is C8H16N2O2S. The molecule has 3 N–H and O–H groups in total. The van der Waals surface area contributed by atoms with E-state index in [4.69, 9.17) is 10.5 Å². The molecule has 1 amide bonds. The molecule has 1 aliphatic rings. The molecule has 0 aromatic carbocycles. The Morgan fingerprint density at radius 3 is 2.92 bits per heavy atom. The second-order valence-corrected chi connectivity index (χ2v) is 4.12. The van der Waals surface area contributed by atoms with Crippen molar-refractivity contribution in [1.29, 1.82) is 0 Å². The molecule has 1 heterocycles. The molecule has 0 unspecified atom stereocenters. The van der Waals surface area contributed by atoms with Crippen molar-refractivity contribution in [2.45, 2.75) is 18.5 Å². The number of rotatable bonds is 5. The van der Waals surface area contributed by atoms with E-state index in [1.165, 1.54) is 0 Å². The van der Waals surface area contributed by atoms with Gasteiger partial charge in [-0.2, -0.15) is 11.8 Å². The lowest BCUT2D eigenvalue weighted by Crippen LogP contribution is -2.53. The van der Waals surface area contributed by atoms with Crippen LogP contribution in [0.5, 0.6) is 0 Å². The van der Waals surface area contributed by atoms with Crippen molar-refractivity contribution in [3.63, 3.8) is 0 Å². The molecule has 5 heteroatoms. The van der Waals surface area contributed by atoms with Gasteiger partial charge in [0.1, 0.15) is 0 Å². The van der Waals surface area contributed by atoms with Crippen molar-refractivity contribution >= 4 is 17.7 Å². The Labute approximate surface area is 82.6 Å². The van der Waals surface area contributed by atoms with E-state index in [9.17, 15) is 4.79 Å². The number of amides is 1. The second-order valence-electron chi connectivity index (χ2n) is 3.13. The van der Waals surface area contributed by atoms with Crippen LogP contribution in [0.3, 0.4) is 0 Å². The maximum atomic E-state index is 11.4. The topological polar surface area (TPSA) is 64.4 Å². The van der Waals surface area contributed by atoms with Crippen molar-refractivity contribution in [3.8, 4) is 0 Å². The first kappa shape index (κ1) is 10.8. The van der Waals surface area contributed by atoms with Crippen LogP contribution >= 0.6 is 11.8 Å². The highest BCUT2D eigenvalue weighted by molar-refractivity contribution is 7.98. The summed E-state index contributed by atoms with van der Waals surface area (Å²) in [4.78, 5) is 11.4. The lowest BCUT2D eigenvalue weighted by Gasteiger charge is -2.27. The third-order valence-corrected chi connectivity index (χ3v) is 2.60. The number of carbonyl (C=O) groups excluding carboxylic acids is 1. The summed E-state index contributed by atoms with van der Waals surface area (Å²) < 4.78 is 4.94. The average molecular weight is 204 g/mol. The van der Waals surface area contributed by atoms with Gasteiger partial charge in [-0.05, 0) is 18.4 Å². The largest absolute Gasteiger partial charge is 0.377 e. The van der Waals surface area contributed by atoms with Gasteiger partial charge in [-0.3, -0.25) is 4.79 Å². The van der Waals surface area contributed by atoms with E-state index in [-0.39, 0.29) is 18.0 Å². The minimum Gasteiger partial charge on any atom is -0.377 e. The van der Waals surface area contributed by atoms with Crippen LogP contribution in [0.15, 0.2) is 0 Å². The molecule has 1 fully saturated rings. The first-order valence-corrected chi connectivity index (χ1v) is 5.76. The Hall–Kier alpha value is -0.260. The third-order valence-electron chi connectivity index (χ3n) is 1.95. The van der Waals surface area contributed by atoms with Crippen LogP contribution in [-0.4, -0.2) is 43.2 Å². The zero-order valence-corrected chi connectivity index (χ0v) is 8.60. The summed E-state index contributed by atoms with van der Waals surface area (Å²) >= 11 is 1.70. The summed E-state index contributed by atoms with van der Waals surface area (Å²) in [7, 11) is 0. The van der Waals surface area contributed by atoms with Gasteiger partial charge in [0.25, 0.3) is 0 Å².